The van der Waals surface area contributed by atoms with Crippen LogP contribution in [-0.2, 0) is 33.4 Å². The van der Waals surface area contributed by atoms with E-state index in [0.29, 0.717) is 38.8 Å². The van der Waals surface area contributed by atoms with E-state index in [1.807, 2.05) is 0 Å². The molecule has 0 aliphatic carbocycles. The second-order valence-electron chi connectivity index (χ2n) is 7.19. The Morgan fingerprint density at radius 2 is 1.57 bits per heavy atom. The number of hydrogen-bond donors (Lipinski definition) is 0. The standard InChI is InChI=1S/C21H36BNO7/c1-2-3-4-5-6-7-11-20(26)29-17-19(16-28-18-25)30-21(27)12-10-14-23(22)13-8-9-15-24/h15,18-19H,2-14,16-17H2,1H3. The first-order chi connectivity index (χ1) is 14.5. The first-order valence-corrected chi connectivity index (χ1v) is 10.9. The Hall–Kier alpha value is -1.90. The number of carbonyl (C=O) groups excluding carboxylic acids is 4. The normalized spacial score (nSPS) is 11.7. The van der Waals surface area contributed by atoms with Gasteiger partial charge in [-0.1, -0.05) is 39.0 Å². The van der Waals surface area contributed by atoms with E-state index in [1.165, 1.54) is 19.3 Å². The highest BCUT2D eigenvalue weighted by Crippen LogP contribution is 2.08. The van der Waals surface area contributed by atoms with Crippen LogP contribution < -0.4 is 0 Å². The number of aldehydes is 1. The lowest BCUT2D eigenvalue weighted by Gasteiger charge is -2.18. The van der Waals surface area contributed by atoms with Gasteiger partial charge in [0, 0.05) is 19.3 Å². The Balaban J connectivity index is 4.06. The Morgan fingerprint density at radius 1 is 0.900 bits per heavy atom. The monoisotopic (exact) mass is 425 g/mol. The molecule has 0 aliphatic heterocycles. The maximum Gasteiger partial charge on any atom is 0.306 e. The molecule has 0 heterocycles. The lowest BCUT2D eigenvalue weighted by molar-refractivity contribution is -0.164. The van der Waals surface area contributed by atoms with Crippen LogP contribution in [-0.4, -0.2) is 69.9 Å². The van der Waals surface area contributed by atoms with Gasteiger partial charge in [-0.05, 0) is 32.4 Å². The van der Waals surface area contributed by atoms with Gasteiger partial charge in [0.2, 0.25) is 0 Å². The third-order valence-electron chi connectivity index (χ3n) is 4.41. The first kappa shape index (κ1) is 28.1. The molecule has 170 valence electrons. The van der Waals surface area contributed by atoms with Crippen LogP contribution in [0.4, 0.5) is 0 Å². The average molecular weight is 425 g/mol. The summed E-state index contributed by atoms with van der Waals surface area (Å²) in [6.07, 6.45) is 8.46. The molecule has 0 spiro atoms. The molecule has 0 saturated heterocycles. The minimum absolute atomic E-state index is 0.130. The molecular formula is C21H36BNO7. The van der Waals surface area contributed by atoms with Crippen molar-refractivity contribution >= 4 is 32.7 Å². The average Bonchev–Trinajstić information content (AvgIpc) is 2.72. The van der Waals surface area contributed by atoms with Gasteiger partial charge in [-0.25, -0.2) is 0 Å². The van der Waals surface area contributed by atoms with Gasteiger partial charge in [0.1, 0.15) is 19.5 Å². The van der Waals surface area contributed by atoms with E-state index < -0.39 is 12.1 Å². The number of rotatable bonds is 21. The molecular weight excluding hydrogens is 389 g/mol. The largest absolute Gasteiger partial charge is 0.464 e. The van der Waals surface area contributed by atoms with Gasteiger partial charge in [0.25, 0.3) is 6.47 Å². The van der Waals surface area contributed by atoms with E-state index >= 15 is 0 Å². The van der Waals surface area contributed by atoms with Crippen molar-refractivity contribution in [3.8, 4) is 0 Å². The van der Waals surface area contributed by atoms with E-state index in [1.54, 1.807) is 4.81 Å². The summed E-state index contributed by atoms with van der Waals surface area (Å²) in [5.41, 5.74) is 0. The molecule has 2 radical (unpaired) electrons. The first-order valence-electron chi connectivity index (χ1n) is 10.9. The Morgan fingerprint density at radius 3 is 2.27 bits per heavy atom. The van der Waals surface area contributed by atoms with Crippen molar-refractivity contribution in [2.45, 2.75) is 83.7 Å². The fourth-order valence-corrected chi connectivity index (χ4v) is 2.73. The molecule has 0 rings (SSSR count). The zero-order chi connectivity index (χ0) is 22.5. The van der Waals surface area contributed by atoms with Crippen LogP contribution in [0.15, 0.2) is 0 Å². The van der Waals surface area contributed by atoms with Crippen LogP contribution in [0.2, 0.25) is 0 Å². The molecule has 0 aliphatic rings. The summed E-state index contributed by atoms with van der Waals surface area (Å²) >= 11 is 0. The van der Waals surface area contributed by atoms with Gasteiger partial charge in [-0.15, -0.1) is 0 Å². The van der Waals surface area contributed by atoms with Gasteiger partial charge in [0.15, 0.2) is 14.1 Å². The fraction of sp³-hybridized carbons (Fsp3) is 0.810. The topological polar surface area (TPSA) is 99.2 Å². The molecule has 0 aromatic heterocycles. The third-order valence-corrected chi connectivity index (χ3v) is 4.41. The van der Waals surface area contributed by atoms with Crippen LogP contribution in [0.5, 0.6) is 0 Å². The van der Waals surface area contributed by atoms with Gasteiger partial charge >= 0.3 is 11.9 Å². The van der Waals surface area contributed by atoms with Crippen molar-refractivity contribution in [3.05, 3.63) is 0 Å². The molecule has 0 amide bonds. The number of ether oxygens (including phenoxy) is 3. The number of nitrogens with zero attached hydrogens (tertiary/aromatic N) is 1. The Kier molecular flexibility index (Phi) is 19.1. The predicted molar refractivity (Wildman–Crippen MR) is 113 cm³/mol. The molecule has 0 aromatic carbocycles. The van der Waals surface area contributed by atoms with E-state index in [4.69, 9.17) is 17.5 Å². The number of unbranched alkanes of at least 4 members (excludes halogenated alkanes) is 6. The molecule has 0 N–H and O–H groups in total. The maximum atomic E-state index is 12.0. The van der Waals surface area contributed by atoms with Gasteiger partial charge in [-0.2, -0.15) is 0 Å². The lowest BCUT2D eigenvalue weighted by atomic mass is 10.1. The number of carbonyl (C=O) groups is 4. The smallest absolute Gasteiger partial charge is 0.306 e. The van der Waals surface area contributed by atoms with Crippen molar-refractivity contribution in [3.63, 3.8) is 0 Å². The van der Waals surface area contributed by atoms with Crippen LogP contribution in [0.3, 0.4) is 0 Å². The van der Waals surface area contributed by atoms with Crippen molar-refractivity contribution in [1.29, 1.82) is 0 Å². The second kappa shape index (κ2) is 20.4. The predicted octanol–water partition coefficient (Wildman–Crippen LogP) is 2.51. The lowest BCUT2D eigenvalue weighted by Crippen LogP contribution is -2.30. The molecule has 0 bridgehead atoms. The van der Waals surface area contributed by atoms with Crippen LogP contribution in [0.1, 0.15) is 77.6 Å². The minimum atomic E-state index is -0.835. The molecule has 1 unspecified atom stereocenters. The quantitative estimate of drug-likeness (QED) is 0.0910. The molecule has 0 saturated carbocycles. The summed E-state index contributed by atoms with van der Waals surface area (Å²) in [7, 11) is 5.77. The van der Waals surface area contributed by atoms with E-state index in [0.717, 1.165) is 25.5 Å². The highest BCUT2D eigenvalue weighted by Gasteiger charge is 2.18. The maximum absolute atomic E-state index is 12.0. The number of esters is 2. The summed E-state index contributed by atoms with van der Waals surface area (Å²) in [5.74, 6) is -0.838. The second-order valence-corrected chi connectivity index (χ2v) is 7.19. The molecule has 1 atom stereocenters. The number of hydrogen-bond acceptors (Lipinski definition) is 8. The summed E-state index contributed by atoms with van der Waals surface area (Å²) in [6, 6.07) is 0. The highest BCUT2D eigenvalue weighted by atomic mass is 16.6. The van der Waals surface area contributed by atoms with Crippen LogP contribution in [0, 0.1) is 0 Å². The SMILES string of the molecule is [B]N(CCCC=O)CCCC(=O)OC(COC=O)COC(=O)CCCCCCCC. The summed E-state index contributed by atoms with van der Waals surface area (Å²) in [6.45, 7) is 3.14. The van der Waals surface area contributed by atoms with Crippen molar-refractivity contribution in [2.75, 3.05) is 26.3 Å². The molecule has 30 heavy (non-hydrogen) atoms. The van der Waals surface area contributed by atoms with Crippen LogP contribution in [0.25, 0.3) is 0 Å². The van der Waals surface area contributed by atoms with Gasteiger partial charge < -0.3 is 23.8 Å². The zero-order valence-electron chi connectivity index (χ0n) is 18.2. The summed E-state index contributed by atoms with van der Waals surface area (Å²) < 4.78 is 15.1. The summed E-state index contributed by atoms with van der Waals surface area (Å²) in [5, 5.41) is 0. The van der Waals surface area contributed by atoms with E-state index in [9.17, 15) is 19.2 Å². The van der Waals surface area contributed by atoms with E-state index in [-0.39, 0.29) is 32.1 Å². The molecule has 0 aromatic rings. The van der Waals surface area contributed by atoms with Gasteiger partial charge in [-0.3, -0.25) is 14.4 Å². The molecule has 0 fully saturated rings. The minimum Gasteiger partial charge on any atom is -0.464 e. The molecule has 8 nitrogen and oxygen atoms in total. The van der Waals surface area contributed by atoms with Crippen LogP contribution >= 0.6 is 0 Å². The van der Waals surface area contributed by atoms with E-state index in [2.05, 4.69) is 11.7 Å². The van der Waals surface area contributed by atoms with Gasteiger partial charge in [0.05, 0.1) is 0 Å². The van der Waals surface area contributed by atoms with Crippen molar-refractivity contribution < 1.29 is 33.4 Å². The summed E-state index contributed by atoms with van der Waals surface area (Å²) in [4.78, 5) is 46.1. The third kappa shape index (κ3) is 18.2. The zero-order valence-corrected chi connectivity index (χ0v) is 18.2. The Labute approximate surface area is 181 Å². The Bertz CT molecular complexity index is 476. The van der Waals surface area contributed by atoms with Crippen molar-refractivity contribution in [1.82, 2.24) is 4.81 Å². The fourth-order valence-electron chi connectivity index (χ4n) is 2.73. The molecule has 9 heteroatoms. The van der Waals surface area contributed by atoms with Crippen molar-refractivity contribution in [2.24, 2.45) is 0 Å². The highest BCUT2D eigenvalue weighted by molar-refractivity contribution is 6.04.